The summed E-state index contributed by atoms with van der Waals surface area (Å²) in [6, 6.07) is 0.641. The first kappa shape index (κ1) is 20.3. The Kier molecular flexibility index (Phi) is 11.2. The zero-order valence-electron chi connectivity index (χ0n) is 15.4. The van der Waals surface area contributed by atoms with E-state index in [0.717, 1.165) is 25.7 Å². The largest absolute Gasteiger partial charge is 0.305 e. The molecule has 0 spiro atoms. The summed E-state index contributed by atoms with van der Waals surface area (Å²) in [5.74, 6) is 0.706. The third-order valence-electron chi connectivity index (χ3n) is 5.04. The van der Waals surface area contributed by atoms with Gasteiger partial charge in [0, 0.05) is 18.9 Å². The van der Waals surface area contributed by atoms with Gasteiger partial charge in [-0.1, -0.05) is 57.8 Å². The van der Waals surface area contributed by atoms with E-state index in [9.17, 15) is 9.59 Å². The van der Waals surface area contributed by atoms with Crippen molar-refractivity contribution < 1.29 is 9.59 Å². The lowest BCUT2D eigenvalue weighted by atomic mass is 9.94. The van der Waals surface area contributed by atoms with E-state index in [2.05, 4.69) is 5.32 Å². The highest BCUT2D eigenvalue weighted by Gasteiger charge is 2.23. The SMILES string of the molecule is CC(=O)CCCCCCCCCCCCC1CCC(=O)C(C)N1. The molecule has 0 aliphatic carbocycles. The fraction of sp³-hybridized carbons (Fsp3) is 0.900. The first-order chi connectivity index (χ1) is 11.1. The van der Waals surface area contributed by atoms with E-state index in [-0.39, 0.29) is 6.04 Å². The maximum absolute atomic E-state index is 11.5. The van der Waals surface area contributed by atoms with Crippen molar-refractivity contribution in [3.05, 3.63) is 0 Å². The molecule has 0 aromatic rings. The van der Waals surface area contributed by atoms with Crippen molar-refractivity contribution in [3.8, 4) is 0 Å². The topological polar surface area (TPSA) is 46.2 Å². The fourth-order valence-electron chi connectivity index (χ4n) is 3.47. The number of ketones is 2. The smallest absolute Gasteiger partial charge is 0.149 e. The summed E-state index contributed by atoms with van der Waals surface area (Å²) in [6.07, 6.45) is 16.8. The molecule has 1 rings (SSSR count). The Bertz CT molecular complexity index is 341. The molecule has 0 aromatic carbocycles. The second-order valence-corrected chi connectivity index (χ2v) is 7.37. The Morgan fingerprint density at radius 3 is 2.00 bits per heavy atom. The molecule has 3 heteroatoms. The van der Waals surface area contributed by atoms with Crippen LogP contribution in [0.2, 0.25) is 0 Å². The number of Topliss-reactive ketones (excluding diaryl/α,β-unsaturated/α-hetero) is 2. The van der Waals surface area contributed by atoms with E-state index in [4.69, 9.17) is 0 Å². The highest BCUT2D eigenvalue weighted by molar-refractivity contribution is 5.84. The number of carbonyl (C=O) groups excluding carboxylic acids is 2. The summed E-state index contributed by atoms with van der Waals surface area (Å²) in [5, 5.41) is 3.44. The van der Waals surface area contributed by atoms with Crippen LogP contribution in [0.3, 0.4) is 0 Å². The van der Waals surface area contributed by atoms with Gasteiger partial charge in [-0.25, -0.2) is 0 Å². The van der Waals surface area contributed by atoms with Crippen LogP contribution in [0, 0.1) is 0 Å². The van der Waals surface area contributed by atoms with Gasteiger partial charge in [0.2, 0.25) is 0 Å². The molecule has 1 fully saturated rings. The Balaban J connectivity index is 1.80. The van der Waals surface area contributed by atoms with Crippen LogP contribution in [0.5, 0.6) is 0 Å². The molecule has 0 bridgehead atoms. The molecule has 0 radical (unpaired) electrons. The average molecular weight is 324 g/mol. The van der Waals surface area contributed by atoms with Crippen LogP contribution < -0.4 is 5.32 Å². The second kappa shape index (κ2) is 12.7. The lowest BCUT2D eigenvalue weighted by Crippen LogP contribution is -2.46. The number of rotatable bonds is 13. The van der Waals surface area contributed by atoms with Gasteiger partial charge in [-0.2, -0.15) is 0 Å². The van der Waals surface area contributed by atoms with Gasteiger partial charge >= 0.3 is 0 Å². The van der Waals surface area contributed by atoms with Crippen molar-refractivity contribution in [1.82, 2.24) is 5.32 Å². The van der Waals surface area contributed by atoms with Gasteiger partial charge in [-0.3, -0.25) is 4.79 Å². The Labute approximate surface area is 143 Å². The third-order valence-corrected chi connectivity index (χ3v) is 5.04. The van der Waals surface area contributed by atoms with Crippen LogP contribution in [-0.2, 0) is 9.59 Å². The van der Waals surface area contributed by atoms with Gasteiger partial charge in [0.1, 0.15) is 11.6 Å². The molecule has 2 atom stereocenters. The molecule has 0 amide bonds. The number of unbranched alkanes of at least 4 members (excludes halogenated alkanes) is 9. The molecule has 1 aliphatic rings. The van der Waals surface area contributed by atoms with E-state index in [1.165, 1.54) is 64.2 Å². The third kappa shape index (κ3) is 10.6. The van der Waals surface area contributed by atoms with Crippen LogP contribution in [0.4, 0.5) is 0 Å². The van der Waals surface area contributed by atoms with Crippen LogP contribution >= 0.6 is 0 Å². The van der Waals surface area contributed by atoms with Crippen molar-refractivity contribution >= 4 is 11.6 Å². The molecule has 0 aromatic heterocycles. The second-order valence-electron chi connectivity index (χ2n) is 7.37. The van der Waals surface area contributed by atoms with Gasteiger partial charge < -0.3 is 10.1 Å². The predicted octanol–water partition coefficient (Wildman–Crippen LogP) is 4.97. The van der Waals surface area contributed by atoms with Gasteiger partial charge in [-0.05, 0) is 33.1 Å². The maximum Gasteiger partial charge on any atom is 0.149 e. The standard InChI is InChI=1S/C20H37NO2/c1-17(22)13-11-9-7-5-3-4-6-8-10-12-14-19-15-16-20(23)18(2)21-19/h18-19,21H,3-16H2,1-2H3. The highest BCUT2D eigenvalue weighted by atomic mass is 16.1. The van der Waals surface area contributed by atoms with Crippen LogP contribution in [0.15, 0.2) is 0 Å². The van der Waals surface area contributed by atoms with Crippen LogP contribution in [0.1, 0.15) is 104 Å². The molecule has 0 saturated carbocycles. The summed E-state index contributed by atoms with van der Waals surface area (Å²) in [7, 11) is 0. The first-order valence-corrected chi connectivity index (χ1v) is 9.88. The van der Waals surface area contributed by atoms with Crippen molar-refractivity contribution in [3.63, 3.8) is 0 Å². The quantitative estimate of drug-likeness (QED) is 0.487. The molecule has 1 saturated heterocycles. The lowest BCUT2D eigenvalue weighted by Gasteiger charge is -2.27. The minimum atomic E-state index is 0.0733. The number of nitrogens with one attached hydrogen (secondary N) is 1. The van der Waals surface area contributed by atoms with Crippen LogP contribution in [-0.4, -0.2) is 23.7 Å². The molecule has 1 N–H and O–H groups in total. The molecule has 134 valence electrons. The van der Waals surface area contributed by atoms with E-state index in [0.29, 0.717) is 17.6 Å². The van der Waals surface area contributed by atoms with Gasteiger partial charge in [0.15, 0.2) is 0 Å². The summed E-state index contributed by atoms with van der Waals surface area (Å²) in [5.41, 5.74) is 0. The van der Waals surface area contributed by atoms with Gasteiger partial charge in [0.25, 0.3) is 0 Å². The van der Waals surface area contributed by atoms with Crippen molar-refractivity contribution in [2.45, 2.75) is 116 Å². The molecule has 2 unspecified atom stereocenters. The van der Waals surface area contributed by atoms with E-state index < -0.39 is 0 Å². The Hall–Kier alpha value is -0.700. The predicted molar refractivity (Wildman–Crippen MR) is 96.7 cm³/mol. The van der Waals surface area contributed by atoms with Gasteiger partial charge in [0.05, 0.1) is 6.04 Å². The van der Waals surface area contributed by atoms with Crippen molar-refractivity contribution in [2.24, 2.45) is 0 Å². The molecular formula is C20H37NO2. The van der Waals surface area contributed by atoms with E-state index in [1.807, 2.05) is 6.92 Å². The summed E-state index contributed by atoms with van der Waals surface area (Å²) >= 11 is 0. The van der Waals surface area contributed by atoms with Crippen LogP contribution in [0.25, 0.3) is 0 Å². The number of hydrogen-bond donors (Lipinski definition) is 1. The molecule has 23 heavy (non-hydrogen) atoms. The Morgan fingerprint density at radius 1 is 0.957 bits per heavy atom. The minimum Gasteiger partial charge on any atom is -0.305 e. The lowest BCUT2D eigenvalue weighted by molar-refractivity contribution is -0.122. The summed E-state index contributed by atoms with van der Waals surface area (Å²) < 4.78 is 0. The van der Waals surface area contributed by atoms with E-state index >= 15 is 0 Å². The zero-order chi connectivity index (χ0) is 16.9. The fourth-order valence-corrected chi connectivity index (χ4v) is 3.47. The van der Waals surface area contributed by atoms with Crippen molar-refractivity contribution in [1.29, 1.82) is 0 Å². The zero-order valence-corrected chi connectivity index (χ0v) is 15.4. The minimum absolute atomic E-state index is 0.0733. The number of carbonyl (C=O) groups is 2. The van der Waals surface area contributed by atoms with E-state index in [1.54, 1.807) is 6.92 Å². The maximum atomic E-state index is 11.5. The average Bonchev–Trinajstić information content (AvgIpc) is 2.51. The summed E-state index contributed by atoms with van der Waals surface area (Å²) in [4.78, 5) is 22.3. The monoisotopic (exact) mass is 323 g/mol. The molecule has 1 aliphatic heterocycles. The molecule has 3 nitrogen and oxygen atoms in total. The number of piperidine rings is 1. The first-order valence-electron chi connectivity index (χ1n) is 9.88. The summed E-state index contributed by atoms with van der Waals surface area (Å²) in [6.45, 7) is 3.68. The normalized spacial score (nSPS) is 21.6. The molecule has 1 heterocycles. The highest BCUT2D eigenvalue weighted by Crippen LogP contribution is 2.16. The van der Waals surface area contributed by atoms with Gasteiger partial charge in [-0.15, -0.1) is 0 Å². The Morgan fingerprint density at radius 2 is 1.48 bits per heavy atom. The molecular weight excluding hydrogens is 286 g/mol. The van der Waals surface area contributed by atoms with Crippen molar-refractivity contribution in [2.75, 3.05) is 0 Å². The number of hydrogen-bond acceptors (Lipinski definition) is 3.